The van der Waals surface area contributed by atoms with Crippen molar-refractivity contribution in [3.63, 3.8) is 0 Å². The summed E-state index contributed by atoms with van der Waals surface area (Å²) in [7, 11) is 3.88. The van der Waals surface area contributed by atoms with E-state index in [4.69, 9.17) is 5.73 Å². The Morgan fingerprint density at radius 2 is 1.75 bits per heavy atom. The molecule has 0 unspecified atom stereocenters. The van der Waals surface area contributed by atoms with Crippen molar-refractivity contribution in [3.05, 3.63) is 36.7 Å². The summed E-state index contributed by atoms with van der Waals surface area (Å²) in [6.45, 7) is 0. The van der Waals surface area contributed by atoms with Crippen molar-refractivity contribution < 1.29 is 0 Å². The first kappa shape index (κ1) is 10.4. The Labute approximate surface area is 94.8 Å². The number of rotatable bonds is 2. The monoisotopic (exact) mass is 214 g/mol. The Bertz CT molecular complexity index is 477. The zero-order valence-corrected chi connectivity index (χ0v) is 9.38. The van der Waals surface area contributed by atoms with E-state index < -0.39 is 0 Å². The maximum atomic E-state index is 5.64. The quantitative estimate of drug-likeness (QED) is 0.774. The van der Waals surface area contributed by atoms with Crippen LogP contribution < -0.4 is 10.6 Å². The summed E-state index contributed by atoms with van der Waals surface area (Å²) in [6.07, 6.45) is 3.49. The van der Waals surface area contributed by atoms with E-state index in [-0.39, 0.29) is 0 Å². The van der Waals surface area contributed by atoms with Crippen LogP contribution in [0.25, 0.3) is 11.3 Å². The van der Waals surface area contributed by atoms with Crippen molar-refractivity contribution in [1.82, 2.24) is 9.97 Å². The smallest absolute Gasteiger partial charge is 0.147 e. The molecule has 4 nitrogen and oxygen atoms in total. The molecule has 82 valence electrons. The second kappa shape index (κ2) is 4.18. The number of nitrogen functional groups attached to an aromatic ring is 1. The number of aromatic nitrogens is 2. The summed E-state index contributed by atoms with van der Waals surface area (Å²) < 4.78 is 0. The fraction of sp³-hybridized carbons (Fsp3) is 0.167. The van der Waals surface area contributed by atoms with Gasteiger partial charge in [-0.2, -0.15) is 0 Å². The van der Waals surface area contributed by atoms with Gasteiger partial charge in [0.25, 0.3) is 0 Å². The van der Waals surface area contributed by atoms with Crippen LogP contribution in [-0.4, -0.2) is 24.1 Å². The topological polar surface area (TPSA) is 55.0 Å². The van der Waals surface area contributed by atoms with Crippen molar-refractivity contribution in [2.45, 2.75) is 0 Å². The standard InChI is InChI=1S/C12H14N4/c1-16(2)12-8-14-7-11(15-12)9-3-5-10(13)6-4-9/h3-8H,13H2,1-2H3. The molecule has 2 N–H and O–H groups in total. The molecule has 0 aliphatic rings. The third-order valence-corrected chi connectivity index (χ3v) is 2.29. The molecule has 0 amide bonds. The summed E-state index contributed by atoms with van der Waals surface area (Å²) in [6, 6.07) is 7.61. The SMILES string of the molecule is CN(C)c1cncc(-c2ccc(N)cc2)n1. The summed E-state index contributed by atoms with van der Waals surface area (Å²) in [4.78, 5) is 10.6. The number of nitrogens with zero attached hydrogens (tertiary/aromatic N) is 3. The van der Waals surface area contributed by atoms with E-state index in [1.54, 1.807) is 12.4 Å². The molecular formula is C12H14N4. The largest absolute Gasteiger partial charge is 0.399 e. The molecule has 0 saturated carbocycles. The number of benzene rings is 1. The van der Waals surface area contributed by atoms with Crippen molar-refractivity contribution in [1.29, 1.82) is 0 Å². The first-order valence-corrected chi connectivity index (χ1v) is 5.02. The van der Waals surface area contributed by atoms with Crippen LogP contribution >= 0.6 is 0 Å². The lowest BCUT2D eigenvalue weighted by Gasteiger charge is -2.11. The summed E-state index contributed by atoms with van der Waals surface area (Å²) >= 11 is 0. The fourth-order valence-corrected chi connectivity index (χ4v) is 1.36. The highest BCUT2D eigenvalue weighted by molar-refractivity contribution is 5.62. The molecule has 1 aromatic heterocycles. The van der Waals surface area contributed by atoms with Crippen LogP contribution in [0.2, 0.25) is 0 Å². The van der Waals surface area contributed by atoms with Gasteiger partial charge in [-0.3, -0.25) is 4.98 Å². The molecule has 0 aliphatic carbocycles. The Hall–Kier alpha value is -2.10. The summed E-state index contributed by atoms with van der Waals surface area (Å²) in [5.41, 5.74) is 8.26. The normalized spacial score (nSPS) is 10.1. The fourth-order valence-electron chi connectivity index (χ4n) is 1.36. The molecule has 0 atom stereocenters. The second-order valence-corrected chi connectivity index (χ2v) is 3.78. The van der Waals surface area contributed by atoms with E-state index in [9.17, 15) is 0 Å². The average Bonchev–Trinajstić information content (AvgIpc) is 2.30. The Kier molecular flexibility index (Phi) is 2.72. The van der Waals surface area contributed by atoms with Gasteiger partial charge in [0, 0.05) is 25.3 Å². The number of hydrogen-bond donors (Lipinski definition) is 1. The van der Waals surface area contributed by atoms with Crippen LogP contribution in [0.3, 0.4) is 0 Å². The summed E-state index contributed by atoms with van der Waals surface area (Å²) in [5, 5.41) is 0. The Morgan fingerprint density at radius 3 is 2.38 bits per heavy atom. The zero-order chi connectivity index (χ0) is 11.5. The molecule has 1 heterocycles. The van der Waals surface area contributed by atoms with Crippen molar-refractivity contribution in [2.24, 2.45) is 0 Å². The van der Waals surface area contributed by atoms with Gasteiger partial charge in [-0.05, 0) is 12.1 Å². The van der Waals surface area contributed by atoms with Crippen LogP contribution in [0.1, 0.15) is 0 Å². The molecule has 2 rings (SSSR count). The highest BCUT2D eigenvalue weighted by atomic mass is 15.1. The third kappa shape index (κ3) is 2.11. The van der Waals surface area contributed by atoms with Crippen molar-refractivity contribution in [3.8, 4) is 11.3 Å². The van der Waals surface area contributed by atoms with E-state index in [1.807, 2.05) is 43.3 Å². The van der Waals surface area contributed by atoms with E-state index in [0.29, 0.717) is 0 Å². The molecule has 16 heavy (non-hydrogen) atoms. The maximum Gasteiger partial charge on any atom is 0.147 e. The molecule has 0 saturated heterocycles. The van der Waals surface area contributed by atoms with Gasteiger partial charge in [0.05, 0.1) is 18.1 Å². The van der Waals surface area contributed by atoms with Gasteiger partial charge >= 0.3 is 0 Å². The minimum atomic E-state index is 0.750. The van der Waals surface area contributed by atoms with Gasteiger partial charge < -0.3 is 10.6 Å². The van der Waals surface area contributed by atoms with E-state index in [1.165, 1.54) is 0 Å². The van der Waals surface area contributed by atoms with Crippen molar-refractivity contribution >= 4 is 11.5 Å². The average molecular weight is 214 g/mol. The predicted octanol–water partition coefficient (Wildman–Crippen LogP) is 1.79. The lowest BCUT2D eigenvalue weighted by atomic mass is 10.1. The number of nitrogens with two attached hydrogens (primary N) is 1. The van der Waals surface area contributed by atoms with E-state index >= 15 is 0 Å². The van der Waals surface area contributed by atoms with Crippen LogP contribution in [-0.2, 0) is 0 Å². The molecular weight excluding hydrogens is 200 g/mol. The van der Waals surface area contributed by atoms with Gasteiger partial charge in [0.1, 0.15) is 5.82 Å². The van der Waals surface area contributed by atoms with E-state index in [2.05, 4.69) is 9.97 Å². The first-order valence-electron chi connectivity index (χ1n) is 5.02. The van der Waals surface area contributed by atoms with Gasteiger partial charge in [0.15, 0.2) is 0 Å². The van der Waals surface area contributed by atoms with E-state index in [0.717, 1.165) is 22.8 Å². The minimum Gasteiger partial charge on any atom is -0.399 e. The second-order valence-electron chi connectivity index (χ2n) is 3.78. The molecule has 0 radical (unpaired) electrons. The molecule has 4 heteroatoms. The first-order chi connectivity index (χ1) is 7.66. The van der Waals surface area contributed by atoms with Gasteiger partial charge in [-0.25, -0.2) is 4.98 Å². The lowest BCUT2D eigenvalue weighted by Crippen LogP contribution is -2.11. The van der Waals surface area contributed by atoms with Crippen LogP contribution in [0.5, 0.6) is 0 Å². The predicted molar refractivity (Wildman–Crippen MR) is 66.2 cm³/mol. The molecule has 0 fully saturated rings. The highest BCUT2D eigenvalue weighted by Crippen LogP contribution is 2.19. The molecule has 1 aromatic carbocycles. The zero-order valence-electron chi connectivity index (χ0n) is 9.38. The lowest BCUT2D eigenvalue weighted by molar-refractivity contribution is 1.04. The van der Waals surface area contributed by atoms with Crippen LogP contribution in [0.4, 0.5) is 11.5 Å². The summed E-state index contributed by atoms with van der Waals surface area (Å²) in [5.74, 6) is 0.842. The number of hydrogen-bond acceptors (Lipinski definition) is 4. The molecule has 0 bridgehead atoms. The van der Waals surface area contributed by atoms with Gasteiger partial charge in [-0.1, -0.05) is 12.1 Å². The Balaban J connectivity index is 2.40. The van der Waals surface area contributed by atoms with Crippen LogP contribution in [0, 0.1) is 0 Å². The molecule has 2 aromatic rings. The maximum absolute atomic E-state index is 5.64. The van der Waals surface area contributed by atoms with Gasteiger partial charge in [0.2, 0.25) is 0 Å². The highest BCUT2D eigenvalue weighted by Gasteiger charge is 2.02. The molecule has 0 aliphatic heterocycles. The Morgan fingerprint density at radius 1 is 1.06 bits per heavy atom. The number of anilines is 2. The van der Waals surface area contributed by atoms with Crippen molar-refractivity contribution in [2.75, 3.05) is 24.7 Å². The van der Waals surface area contributed by atoms with Crippen LogP contribution in [0.15, 0.2) is 36.7 Å². The third-order valence-electron chi connectivity index (χ3n) is 2.29. The van der Waals surface area contributed by atoms with Gasteiger partial charge in [-0.15, -0.1) is 0 Å². The minimum absolute atomic E-state index is 0.750. The molecule has 0 spiro atoms.